The van der Waals surface area contributed by atoms with E-state index in [2.05, 4.69) is 19.2 Å². The maximum Gasteiger partial charge on any atom is 0.407 e. The zero-order chi connectivity index (χ0) is 17.7. The molecular weight excluding hydrogens is 377 g/mol. The van der Waals surface area contributed by atoms with E-state index < -0.39 is 12.7 Å². The number of amides is 1. The summed E-state index contributed by atoms with van der Waals surface area (Å²) in [5, 5.41) is 10.4. The molecule has 1 aliphatic rings. The Morgan fingerprint density at radius 1 is 1.48 bits per heavy atom. The molecule has 1 saturated heterocycles. The summed E-state index contributed by atoms with van der Waals surface area (Å²) < 4.78 is 18.5. The Balaban J connectivity index is 2.57. The van der Waals surface area contributed by atoms with Crippen LogP contribution >= 0.6 is 28.4 Å². The van der Waals surface area contributed by atoms with Crippen LogP contribution in [0.4, 0.5) is 4.79 Å². The van der Waals surface area contributed by atoms with Gasteiger partial charge in [0.05, 0.1) is 13.2 Å². The number of nitrogens with one attached hydrogen (secondary N) is 2. The lowest BCUT2D eigenvalue weighted by Gasteiger charge is -2.41. The van der Waals surface area contributed by atoms with Crippen LogP contribution in [0.25, 0.3) is 0 Å². The summed E-state index contributed by atoms with van der Waals surface area (Å²) >= 11 is 5.62. The minimum atomic E-state index is -2.57. The van der Waals surface area contributed by atoms with E-state index in [9.17, 15) is 4.79 Å². The van der Waals surface area contributed by atoms with Crippen LogP contribution in [0.15, 0.2) is 0 Å². The van der Waals surface area contributed by atoms with Gasteiger partial charge in [0.15, 0.2) is 0 Å². The molecule has 1 aliphatic heterocycles. The van der Waals surface area contributed by atoms with E-state index in [1.807, 2.05) is 17.9 Å². The first-order chi connectivity index (χ1) is 10.6. The summed E-state index contributed by atoms with van der Waals surface area (Å²) in [6, 6.07) is 0.0900. The third-order valence-electron chi connectivity index (χ3n) is 2.67. The van der Waals surface area contributed by atoms with E-state index in [-0.39, 0.29) is 23.1 Å². The molecule has 0 radical (unpaired) electrons. The number of hydrogen-bond acceptors (Lipinski definition) is 8. The van der Waals surface area contributed by atoms with Crippen LogP contribution in [0, 0.1) is 10.8 Å². The highest BCUT2D eigenvalue weighted by atomic mass is 33.1. The lowest BCUT2D eigenvalue weighted by molar-refractivity contribution is 0.0491. The second kappa shape index (κ2) is 9.03. The van der Waals surface area contributed by atoms with Crippen LogP contribution in [0.2, 0.25) is 0 Å². The van der Waals surface area contributed by atoms with Crippen molar-refractivity contribution < 1.29 is 18.6 Å². The van der Waals surface area contributed by atoms with Crippen molar-refractivity contribution in [1.29, 1.82) is 5.41 Å². The molecule has 0 aromatic carbocycles. The fraction of sp³-hybridized carbons (Fsp3) is 0.833. The van der Waals surface area contributed by atoms with Crippen molar-refractivity contribution >= 4 is 51.4 Å². The highest BCUT2D eigenvalue weighted by molar-refractivity contribution is 8.82. The fourth-order valence-electron chi connectivity index (χ4n) is 1.43. The van der Waals surface area contributed by atoms with Gasteiger partial charge in [-0.25, -0.2) is 4.79 Å². The monoisotopic (exact) mass is 401 g/mol. The number of carbonyl (C=O) groups excluding carboxylic acids is 1. The van der Waals surface area contributed by atoms with Crippen LogP contribution in [0.3, 0.4) is 0 Å². The van der Waals surface area contributed by atoms with Crippen LogP contribution in [-0.2, 0) is 25.6 Å². The van der Waals surface area contributed by atoms with E-state index in [4.69, 9.17) is 31.0 Å². The molecular formula is C12H24N3O4PS3. The van der Waals surface area contributed by atoms with Gasteiger partial charge in [0, 0.05) is 29.5 Å². The largest absolute Gasteiger partial charge is 0.442 e. The topological polar surface area (TPSA) is 83.9 Å². The number of carbonyl (C=O) groups is 1. The summed E-state index contributed by atoms with van der Waals surface area (Å²) in [7, 11) is 3.96. The van der Waals surface area contributed by atoms with Crippen LogP contribution in [0.1, 0.15) is 27.7 Å². The molecule has 7 nitrogen and oxygen atoms in total. The van der Waals surface area contributed by atoms with Crippen molar-refractivity contribution in [2.24, 2.45) is 5.41 Å². The second-order valence-electron chi connectivity index (χ2n) is 5.98. The van der Waals surface area contributed by atoms with Crippen LogP contribution < -0.4 is 5.32 Å². The van der Waals surface area contributed by atoms with Gasteiger partial charge in [0.2, 0.25) is 0 Å². The maximum atomic E-state index is 11.0. The van der Waals surface area contributed by atoms with Gasteiger partial charge in [0.1, 0.15) is 11.7 Å². The quantitative estimate of drug-likeness (QED) is 0.230. The van der Waals surface area contributed by atoms with Gasteiger partial charge in [-0.1, -0.05) is 13.8 Å². The molecule has 11 heteroatoms. The lowest BCUT2D eigenvalue weighted by Crippen LogP contribution is -2.34. The minimum absolute atomic E-state index is 0.0448. The van der Waals surface area contributed by atoms with Gasteiger partial charge in [-0.05, 0) is 36.4 Å². The highest BCUT2D eigenvalue weighted by Gasteiger charge is 2.39. The SMILES string of the molecule is CNC(=O)OCC(=N)SSN(C(C)C)P1(=S)OCC(C)(C)CO1. The first-order valence-electron chi connectivity index (χ1n) is 7.05. The minimum Gasteiger partial charge on any atom is -0.442 e. The predicted octanol–water partition coefficient (Wildman–Crippen LogP) is 3.62. The Kier molecular flexibility index (Phi) is 8.33. The molecule has 1 amide bonds. The first kappa shape index (κ1) is 21.2. The third kappa shape index (κ3) is 6.89. The van der Waals surface area contributed by atoms with Crippen molar-refractivity contribution in [3.63, 3.8) is 0 Å². The average molecular weight is 402 g/mol. The van der Waals surface area contributed by atoms with Crippen molar-refractivity contribution in [2.45, 2.75) is 33.7 Å². The molecule has 0 aromatic heterocycles. The molecule has 0 aromatic rings. The molecule has 134 valence electrons. The molecule has 0 spiro atoms. The van der Waals surface area contributed by atoms with E-state index >= 15 is 0 Å². The normalized spacial score (nSPS) is 19.6. The van der Waals surface area contributed by atoms with Gasteiger partial charge in [-0.2, -0.15) is 4.08 Å². The molecule has 23 heavy (non-hydrogen) atoms. The molecule has 1 heterocycles. The molecule has 0 saturated carbocycles. The molecule has 1 rings (SSSR count). The molecule has 2 N–H and O–H groups in total. The van der Waals surface area contributed by atoms with Gasteiger partial charge in [0.25, 0.3) is 6.64 Å². The summed E-state index contributed by atoms with van der Waals surface area (Å²) in [6.45, 7) is 6.59. The van der Waals surface area contributed by atoms with Crippen LogP contribution in [0.5, 0.6) is 0 Å². The number of ether oxygens (including phenoxy) is 1. The number of alkyl carbamates (subject to hydrolysis) is 1. The molecule has 0 atom stereocenters. The predicted molar refractivity (Wildman–Crippen MR) is 100 cm³/mol. The summed E-state index contributed by atoms with van der Waals surface area (Å²) in [5.41, 5.74) is -0.0448. The molecule has 0 unspecified atom stereocenters. The first-order valence-corrected chi connectivity index (χ1v) is 11.7. The smallest absolute Gasteiger partial charge is 0.407 e. The Labute approximate surface area is 150 Å². The maximum absolute atomic E-state index is 11.0. The van der Waals surface area contributed by atoms with Crippen molar-refractivity contribution in [2.75, 3.05) is 26.9 Å². The van der Waals surface area contributed by atoms with E-state index in [1.54, 1.807) is 0 Å². The van der Waals surface area contributed by atoms with E-state index in [0.717, 1.165) is 0 Å². The Morgan fingerprint density at radius 2 is 2.04 bits per heavy atom. The second-order valence-corrected chi connectivity index (χ2v) is 11.7. The highest BCUT2D eigenvalue weighted by Crippen LogP contribution is 2.62. The Morgan fingerprint density at radius 3 is 2.52 bits per heavy atom. The third-order valence-corrected chi connectivity index (χ3v) is 9.50. The van der Waals surface area contributed by atoms with Gasteiger partial charge >= 0.3 is 6.09 Å². The van der Waals surface area contributed by atoms with Gasteiger partial charge in [-0.15, -0.1) is 0 Å². The summed E-state index contributed by atoms with van der Waals surface area (Å²) in [4.78, 5) is 11.0. The van der Waals surface area contributed by atoms with Crippen molar-refractivity contribution in [3.8, 4) is 0 Å². The molecule has 1 fully saturated rings. The molecule has 0 bridgehead atoms. The van der Waals surface area contributed by atoms with E-state index in [1.165, 1.54) is 28.8 Å². The van der Waals surface area contributed by atoms with Gasteiger partial charge in [-0.3, -0.25) is 5.41 Å². The summed E-state index contributed by atoms with van der Waals surface area (Å²) in [5.74, 6) is 0. The zero-order valence-corrected chi connectivity index (χ0v) is 17.3. The zero-order valence-electron chi connectivity index (χ0n) is 14.0. The van der Waals surface area contributed by atoms with E-state index in [0.29, 0.717) is 13.2 Å². The summed E-state index contributed by atoms with van der Waals surface area (Å²) in [6.07, 6.45) is -0.561. The van der Waals surface area contributed by atoms with Crippen LogP contribution in [-0.4, -0.2) is 48.1 Å². The number of rotatable bonds is 6. The Hall–Kier alpha value is 0.170. The lowest BCUT2D eigenvalue weighted by atomic mass is 9.97. The van der Waals surface area contributed by atoms with Crippen molar-refractivity contribution in [3.05, 3.63) is 0 Å². The average Bonchev–Trinajstić information content (AvgIpc) is 2.48. The standard InChI is InChI=1S/C12H24N3O4PS3/c1-9(2)15(20(21)18-7-12(3,4)8-19-20)23-22-10(13)6-17-11(16)14-5/h9,13H,6-8H2,1-5H3,(H,14,16). The van der Waals surface area contributed by atoms with Crippen molar-refractivity contribution in [1.82, 2.24) is 9.39 Å². The molecule has 0 aliphatic carbocycles. The number of nitrogens with zero attached hydrogens (tertiary/aromatic N) is 1. The fourth-order valence-corrected chi connectivity index (χ4v) is 8.19. The number of hydrogen-bond donors (Lipinski definition) is 2. The Bertz CT molecular complexity index is 476. The van der Waals surface area contributed by atoms with Gasteiger partial charge < -0.3 is 19.1 Å².